The lowest BCUT2D eigenvalue weighted by Crippen LogP contribution is -2.24. The Kier molecular flexibility index (Phi) is 3.98. The van der Waals surface area contributed by atoms with E-state index in [-0.39, 0.29) is 6.61 Å². The van der Waals surface area contributed by atoms with Gasteiger partial charge in [0.1, 0.15) is 29.0 Å². The van der Waals surface area contributed by atoms with E-state index in [1.807, 2.05) is 6.26 Å². The van der Waals surface area contributed by atoms with Crippen LogP contribution in [-0.2, 0) is 4.74 Å². The van der Waals surface area contributed by atoms with Crippen molar-refractivity contribution < 1.29 is 14.9 Å². The minimum atomic E-state index is -0.743. The lowest BCUT2D eigenvalue weighted by molar-refractivity contribution is -0.0429. The predicted molar refractivity (Wildman–Crippen MR) is 80.4 cm³/mol. The van der Waals surface area contributed by atoms with E-state index in [0.29, 0.717) is 33.6 Å². The van der Waals surface area contributed by atoms with Crippen molar-refractivity contribution in [3.8, 4) is 0 Å². The summed E-state index contributed by atoms with van der Waals surface area (Å²) in [5.41, 5.74) is 6.49. The van der Waals surface area contributed by atoms with Crippen LogP contribution in [0.2, 0.25) is 5.15 Å². The molecule has 1 aliphatic heterocycles. The summed E-state index contributed by atoms with van der Waals surface area (Å²) in [5.74, 6) is 0.349. The maximum absolute atomic E-state index is 9.87. The molecule has 3 rings (SSSR count). The van der Waals surface area contributed by atoms with Crippen molar-refractivity contribution in [1.29, 1.82) is 0 Å². The summed E-state index contributed by atoms with van der Waals surface area (Å²) in [7, 11) is 0. The summed E-state index contributed by atoms with van der Waals surface area (Å²) in [6.07, 6.45) is 0.321. The highest BCUT2D eigenvalue weighted by Gasteiger charge is 2.36. The molecule has 0 aromatic carbocycles. The van der Waals surface area contributed by atoms with Gasteiger partial charge in [-0.1, -0.05) is 23.4 Å². The standard InChI is InChI=1S/C12H15ClN4O3S/c1-21-12-15-10(14)5-2-8(13)17(11(5)16-12)9-3-6(19)7(4-18)20-9/h2,6-7,9,18-19H,3-4H2,1H3,(H2,14,15,16)/t6-,7+,9+/m0/s1. The van der Waals surface area contributed by atoms with E-state index in [2.05, 4.69) is 9.97 Å². The minimum absolute atomic E-state index is 0.248. The van der Waals surface area contributed by atoms with E-state index in [9.17, 15) is 10.2 Å². The molecule has 1 saturated heterocycles. The number of aromatic nitrogens is 3. The number of fused-ring (bicyclic) bond motifs is 1. The number of hydrogen-bond donors (Lipinski definition) is 3. The number of halogens is 1. The van der Waals surface area contributed by atoms with E-state index in [1.54, 1.807) is 10.6 Å². The largest absolute Gasteiger partial charge is 0.394 e. The SMILES string of the molecule is CSc1nc(N)c2cc(Cl)n([C@H]3C[C@H](O)[C@@H](CO)O3)c2n1. The van der Waals surface area contributed by atoms with Gasteiger partial charge >= 0.3 is 0 Å². The van der Waals surface area contributed by atoms with Crippen LogP contribution in [0.1, 0.15) is 12.6 Å². The second kappa shape index (κ2) is 5.62. The molecule has 7 nitrogen and oxygen atoms in total. The summed E-state index contributed by atoms with van der Waals surface area (Å²) in [4.78, 5) is 8.60. The van der Waals surface area contributed by atoms with Gasteiger partial charge in [0, 0.05) is 6.42 Å². The number of nitrogens with zero attached hydrogens (tertiary/aromatic N) is 3. The van der Waals surface area contributed by atoms with Crippen molar-refractivity contribution in [1.82, 2.24) is 14.5 Å². The molecule has 4 N–H and O–H groups in total. The van der Waals surface area contributed by atoms with Crippen LogP contribution in [0.15, 0.2) is 11.2 Å². The molecule has 2 aromatic heterocycles. The van der Waals surface area contributed by atoms with Gasteiger partial charge in [0.25, 0.3) is 0 Å². The molecule has 1 fully saturated rings. The Labute approximate surface area is 130 Å². The zero-order chi connectivity index (χ0) is 15.1. The molecule has 0 amide bonds. The van der Waals surface area contributed by atoms with E-state index < -0.39 is 18.4 Å². The van der Waals surface area contributed by atoms with E-state index in [4.69, 9.17) is 22.1 Å². The van der Waals surface area contributed by atoms with Gasteiger partial charge in [-0.25, -0.2) is 9.97 Å². The first-order chi connectivity index (χ1) is 10.0. The highest BCUT2D eigenvalue weighted by atomic mass is 35.5. The van der Waals surface area contributed by atoms with Crippen LogP contribution in [0, 0.1) is 0 Å². The van der Waals surface area contributed by atoms with Crippen LogP contribution in [0.3, 0.4) is 0 Å². The van der Waals surface area contributed by atoms with Crippen LogP contribution in [-0.4, -0.2) is 49.8 Å². The molecule has 21 heavy (non-hydrogen) atoms. The number of ether oxygens (including phenoxy) is 1. The first kappa shape index (κ1) is 14.9. The Balaban J connectivity index is 2.10. The Hall–Kier alpha value is -1.06. The summed E-state index contributed by atoms with van der Waals surface area (Å²) in [6.45, 7) is -0.248. The molecule has 0 unspecified atom stereocenters. The topological polar surface area (TPSA) is 106 Å². The van der Waals surface area contributed by atoms with Gasteiger partial charge < -0.3 is 20.7 Å². The highest BCUT2D eigenvalue weighted by molar-refractivity contribution is 7.98. The van der Waals surface area contributed by atoms with Gasteiger partial charge in [0.2, 0.25) is 0 Å². The second-order valence-electron chi connectivity index (χ2n) is 4.78. The quantitative estimate of drug-likeness (QED) is 0.570. The van der Waals surface area contributed by atoms with Crippen LogP contribution in [0.4, 0.5) is 5.82 Å². The summed E-state index contributed by atoms with van der Waals surface area (Å²) < 4.78 is 7.31. The van der Waals surface area contributed by atoms with Crippen molar-refractivity contribution in [2.24, 2.45) is 0 Å². The van der Waals surface area contributed by atoms with E-state index >= 15 is 0 Å². The van der Waals surface area contributed by atoms with Crippen LogP contribution in [0.5, 0.6) is 0 Å². The first-order valence-corrected chi connectivity index (χ1v) is 7.97. The Morgan fingerprint density at radius 3 is 2.95 bits per heavy atom. The van der Waals surface area contributed by atoms with Gasteiger partial charge in [-0.15, -0.1) is 0 Å². The third kappa shape index (κ3) is 2.47. The molecular formula is C12H15ClN4O3S. The first-order valence-electron chi connectivity index (χ1n) is 6.37. The van der Waals surface area contributed by atoms with Crippen molar-refractivity contribution in [3.05, 3.63) is 11.2 Å². The number of anilines is 1. The third-order valence-corrected chi connectivity index (χ3v) is 4.35. The maximum Gasteiger partial charge on any atom is 0.191 e. The fraction of sp³-hybridized carbons (Fsp3) is 0.500. The Morgan fingerprint density at radius 1 is 1.57 bits per heavy atom. The van der Waals surface area contributed by atoms with Crippen molar-refractivity contribution >= 4 is 40.2 Å². The molecule has 2 aromatic rings. The normalized spacial score (nSPS) is 25.8. The molecule has 1 aliphatic rings. The maximum atomic E-state index is 9.87. The fourth-order valence-corrected chi connectivity index (χ4v) is 3.13. The average Bonchev–Trinajstić information content (AvgIpc) is 2.98. The number of nitrogen functional groups attached to an aromatic ring is 1. The smallest absolute Gasteiger partial charge is 0.191 e. The van der Waals surface area contributed by atoms with Crippen LogP contribution < -0.4 is 5.73 Å². The lowest BCUT2D eigenvalue weighted by Gasteiger charge is -2.15. The summed E-state index contributed by atoms with van der Waals surface area (Å²) >= 11 is 7.64. The highest BCUT2D eigenvalue weighted by Crippen LogP contribution is 2.36. The fourth-order valence-electron chi connectivity index (χ4n) is 2.47. The monoisotopic (exact) mass is 330 g/mol. The Morgan fingerprint density at radius 2 is 2.33 bits per heavy atom. The number of nitrogens with two attached hydrogens (primary N) is 1. The molecule has 0 bridgehead atoms. The Bertz CT molecular complexity index is 680. The molecule has 9 heteroatoms. The number of hydrogen-bond acceptors (Lipinski definition) is 7. The molecule has 114 valence electrons. The minimum Gasteiger partial charge on any atom is -0.394 e. The number of aliphatic hydroxyl groups excluding tert-OH is 2. The lowest BCUT2D eigenvalue weighted by atomic mass is 10.2. The average molecular weight is 331 g/mol. The van der Waals surface area contributed by atoms with Crippen molar-refractivity contribution in [3.63, 3.8) is 0 Å². The second-order valence-corrected chi connectivity index (χ2v) is 5.95. The number of aliphatic hydroxyl groups is 2. The van der Waals surface area contributed by atoms with Gasteiger partial charge in [-0.2, -0.15) is 0 Å². The molecule has 0 aliphatic carbocycles. The van der Waals surface area contributed by atoms with Crippen molar-refractivity contribution in [2.75, 3.05) is 18.6 Å². The third-order valence-electron chi connectivity index (χ3n) is 3.51. The molecule has 3 atom stereocenters. The molecule has 0 saturated carbocycles. The number of rotatable bonds is 3. The molecule has 0 spiro atoms. The van der Waals surface area contributed by atoms with Gasteiger partial charge in [-0.05, 0) is 12.3 Å². The van der Waals surface area contributed by atoms with Gasteiger partial charge in [-0.3, -0.25) is 4.57 Å². The summed E-state index contributed by atoms with van der Waals surface area (Å²) in [5, 5.41) is 20.6. The van der Waals surface area contributed by atoms with Gasteiger partial charge in [0.05, 0.1) is 18.1 Å². The van der Waals surface area contributed by atoms with Gasteiger partial charge in [0.15, 0.2) is 5.16 Å². The predicted octanol–water partition coefficient (Wildman–Crippen LogP) is 1.03. The zero-order valence-corrected chi connectivity index (χ0v) is 12.8. The van der Waals surface area contributed by atoms with E-state index in [0.717, 1.165) is 0 Å². The molecule has 3 heterocycles. The van der Waals surface area contributed by atoms with Crippen LogP contribution >= 0.6 is 23.4 Å². The zero-order valence-electron chi connectivity index (χ0n) is 11.2. The van der Waals surface area contributed by atoms with Crippen LogP contribution in [0.25, 0.3) is 11.0 Å². The number of thioether (sulfide) groups is 1. The molecule has 0 radical (unpaired) electrons. The molecular weight excluding hydrogens is 316 g/mol. The summed E-state index contributed by atoms with van der Waals surface area (Å²) in [6, 6.07) is 1.68. The van der Waals surface area contributed by atoms with E-state index in [1.165, 1.54) is 11.8 Å². The van der Waals surface area contributed by atoms with Crippen molar-refractivity contribution in [2.45, 2.75) is 30.0 Å².